The summed E-state index contributed by atoms with van der Waals surface area (Å²) in [6.07, 6.45) is 3.59. The van der Waals surface area contributed by atoms with Crippen molar-refractivity contribution in [3.8, 4) is 0 Å². The number of nitrogens with two attached hydrogens (primary N) is 1. The first kappa shape index (κ1) is 13.8. The summed E-state index contributed by atoms with van der Waals surface area (Å²) in [5.74, 6) is 0. The van der Waals surface area contributed by atoms with Gasteiger partial charge >= 0.3 is 0 Å². The molecule has 0 amide bonds. The number of benzene rings is 1. The van der Waals surface area contributed by atoms with Gasteiger partial charge in [0.1, 0.15) is 0 Å². The Hall–Kier alpha value is -0.600. The third-order valence-electron chi connectivity index (χ3n) is 4.18. The van der Waals surface area contributed by atoms with Crippen LogP contribution in [0.1, 0.15) is 33.1 Å². The molecule has 1 fully saturated rings. The number of hydrogen-bond donors (Lipinski definition) is 1. The van der Waals surface area contributed by atoms with Crippen LogP contribution in [0, 0.1) is 5.41 Å². The highest BCUT2D eigenvalue weighted by molar-refractivity contribution is 6.39. The lowest BCUT2D eigenvalue weighted by Crippen LogP contribution is -2.38. The van der Waals surface area contributed by atoms with Crippen molar-refractivity contribution in [2.75, 3.05) is 23.7 Å². The molecule has 1 aromatic carbocycles. The standard InChI is InChI=1S/C14H20Cl2N2/c1-3-14(2)4-6-18(7-5-14)13-11(15)8-10(17)9-12(13)16/h8-9H,3-7,17H2,1-2H3. The molecule has 0 aliphatic carbocycles. The van der Waals surface area contributed by atoms with Gasteiger partial charge < -0.3 is 10.6 Å². The zero-order chi connectivity index (χ0) is 13.3. The minimum Gasteiger partial charge on any atom is -0.399 e. The van der Waals surface area contributed by atoms with Crippen LogP contribution < -0.4 is 10.6 Å². The summed E-state index contributed by atoms with van der Waals surface area (Å²) in [6.45, 7) is 6.64. The minimum atomic E-state index is 0.462. The molecule has 0 saturated carbocycles. The lowest BCUT2D eigenvalue weighted by Gasteiger charge is -2.40. The van der Waals surface area contributed by atoms with Gasteiger partial charge in [-0.2, -0.15) is 0 Å². The third kappa shape index (κ3) is 2.70. The topological polar surface area (TPSA) is 29.3 Å². The van der Waals surface area contributed by atoms with Gasteiger partial charge in [0.2, 0.25) is 0 Å². The molecule has 0 unspecified atom stereocenters. The first-order valence-corrected chi connectivity index (χ1v) is 7.20. The minimum absolute atomic E-state index is 0.462. The van der Waals surface area contributed by atoms with E-state index in [4.69, 9.17) is 28.9 Å². The van der Waals surface area contributed by atoms with Gasteiger partial charge in [-0.25, -0.2) is 0 Å². The number of nitrogen functional groups attached to an aromatic ring is 1. The molecule has 1 saturated heterocycles. The van der Waals surface area contributed by atoms with E-state index >= 15 is 0 Å². The van der Waals surface area contributed by atoms with E-state index in [1.807, 2.05) is 0 Å². The van der Waals surface area contributed by atoms with Gasteiger partial charge in [0, 0.05) is 18.8 Å². The number of anilines is 2. The van der Waals surface area contributed by atoms with Gasteiger partial charge in [-0.3, -0.25) is 0 Å². The number of halogens is 2. The van der Waals surface area contributed by atoms with Crippen molar-refractivity contribution in [3.63, 3.8) is 0 Å². The van der Waals surface area contributed by atoms with Crippen molar-refractivity contribution in [3.05, 3.63) is 22.2 Å². The van der Waals surface area contributed by atoms with Crippen molar-refractivity contribution < 1.29 is 0 Å². The summed E-state index contributed by atoms with van der Waals surface area (Å²) in [7, 11) is 0. The molecule has 0 radical (unpaired) electrons. The van der Waals surface area contributed by atoms with Gasteiger partial charge in [0.25, 0.3) is 0 Å². The Balaban J connectivity index is 2.20. The second-order valence-corrected chi connectivity index (χ2v) is 6.30. The summed E-state index contributed by atoms with van der Waals surface area (Å²) in [5.41, 5.74) is 7.75. The summed E-state index contributed by atoms with van der Waals surface area (Å²) in [4.78, 5) is 2.28. The first-order chi connectivity index (χ1) is 8.45. The SMILES string of the molecule is CCC1(C)CCN(c2c(Cl)cc(N)cc2Cl)CC1. The highest BCUT2D eigenvalue weighted by Crippen LogP contribution is 2.41. The molecule has 2 N–H and O–H groups in total. The van der Waals surface area contributed by atoms with Crippen molar-refractivity contribution >= 4 is 34.6 Å². The molecular formula is C14H20Cl2N2. The molecule has 0 spiro atoms. The van der Waals surface area contributed by atoms with E-state index in [0.717, 1.165) is 18.8 Å². The van der Waals surface area contributed by atoms with Gasteiger partial charge in [0.15, 0.2) is 0 Å². The Labute approximate surface area is 119 Å². The van der Waals surface area contributed by atoms with Crippen LogP contribution in [0.15, 0.2) is 12.1 Å². The van der Waals surface area contributed by atoms with Crippen LogP contribution in [0.3, 0.4) is 0 Å². The zero-order valence-electron chi connectivity index (χ0n) is 11.0. The fourth-order valence-corrected chi connectivity index (χ4v) is 3.25. The number of rotatable bonds is 2. The summed E-state index contributed by atoms with van der Waals surface area (Å²) in [5, 5.41) is 1.31. The second-order valence-electron chi connectivity index (χ2n) is 5.48. The average molecular weight is 287 g/mol. The first-order valence-electron chi connectivity index (χ1n) is 6.45. The molecular weight excluding hydrogens is 267 g/mol. The molecule has 18 heavy (non-hydrogen) atoms. The lowest BCUT2D eigenvalue weighted by atomic mass is 9.78. The molecule has 1 aliphatic rings. The highest BCUT2D eigenvalue weighted by atomic mass is 35.5. The quantitative estimate of drug-likeness (QED) is 0.806. The second kappa shape index (κ2) is 5.18. The highest BCUT2D eigenvalue weighted by Gasteiger charge is 2.29. The van der Waals surface area contributed by atoms with Gasteiger partial charge in [0.05, 0.1) is 15.7 Å². The van der Waals surface area contributed by atoms with Crippen LogP contribution in [-0.4, -0.2) is 13.1 Å². The van der Waals surface area contributed by atoms with E-state index in [1.54, 1.807) is 12.1 Å². The number of hydrogen-bond acceptors (Lipinski definition) is 2. The normalized spacial score (nSPS) is 19.0. The fourth-order valence-electron chi connectivity index (χ4n) is 2.51. The predicted octanol–water partition coefficient (Wildman–Crippen LogP) is 4.59. The van der Waals surface area contributed by atoms with Crippen LogP contribution in [-0.2, 0) is 0 Å². The molecule has 1 aromatic rings. The summed E-state index contributed by atoms with van der Waals surface area (Å²) in [6, 6.07) is 3.55. The largest absolute Gasteiger partial charge is 0.399 e. The van der Waals surface area contributed by atoms with Crippen LogP contribution >= 0.6 is 23.2 Å². The van der Waals surface area contributed by atoms with Crippen LogP contribution in [0.2, 0.25) is 10.0 Å². The Morgan fingerprint density at radius 1 is 1.22 bits per heavy atom. The average Bonchev–Trinajstić information content (AvgIpc) is 2.30. The molecule has 0 aromatic heterocycles. The maximum absolute atomic E-state index is 6.27. The van der Waals surface area contributed by atoms with Gasteiger partial charge in [-0.1, -0.05) is 43.5 Å². The maximum atomic E-state index is 6.27. The lowest BCUT2D eigenvalue weighted by molar-refractivity contribution is 0.238. The Morgan fingerprint density at radius 2 is 1.72 bits per heavy atom. The van der Waals surface area contributed by atoms with E-state index in [0.29, 0.717) is 21.1 Å². The van der Waals surface area contributed by atoms with E-state index < -0.39 is 0 Å². The van der Waals surface area contributed by atoms with E-state index in [-0.39, 0.29) is 0 Å². The molecule has 100 valence electrons. The van der Waals surface area contributed by atoms with Crippen LogP contribution in [0.25, 0.3) is 0 Å². The summed E-state index contributed by atoms with van der Waals surface area (Å²) >= 11 is 12.5. The van der Waals surface area contributed by atoms with Crippen molar-refractivity contribution in [2.24, 2.45) is 5.41 Å². The molecule has 2 rings (SSSR count). The van der Waals surface area contributed by atoms with Gasteiger partial charge in [-0.15, -0.1) is 0 Å². The van der Waals surface area contributed by atoms with E-state index in [1.165, 1.54) is 19.3 Å². The molecule has 1 aliphatic heterocycles. The molecule has 0 bridgehead atoms. The Bertz CT molecular complexity index is 414. The van der Waals surface area contributed by atoms with E-state index in [9.17, 15) is 0 Å². The smallest absolute Gasteiger partial charge is 0.0746 e. The van der Waals surface area contributed by atoms with Crippen LogP contribution in [0.5, 0.6) is 0 Å². The zero-order valence-corrected chi connectivity index (χ0v) is 12.5. The van der Waals surface area contributed by atoms with Crippen molar-refractivity contribution in [1.82, 2.24) is 0 Å². The molecule has 4 heteroatoms. The molecule has 1 heterocycles. The van der Waals surface area contributed by atoms with Gasteiger partial charge in [-0.05, 0) is 30.4 Å². The molecule has 0 atom stereocenters. The predicted molar refractivity (Wildman–Crippen MR) is 80.7 cm³/mol. The van der Waals surface area contributed by atoms with Crippen molar-refractivity contribution in [1.29, 1.82) is 0 Å². The molecule has 2 nitrogen and oxygen atoms in total. The monoisotopic (exact) mass is 286 g/mol. The number of nitrogens with zero attached hydrogens (tertiary/aromatic N) is 1. The Kier molecular flexibility index (Phi) is 3.98. The third-order valence-corrected chi connectivity index (χ3v) is 4.76. The summed E-state index contributed by atoms with van der Waals surface area (Å²) < 4.78 is 0. The Morgan fingerprint density at radius 3 is 2.17 bits per heavy atom. The van der Waals surface area contributed by atoms with Crippen molar-refractivity contribution in [2.45, 2.75) is 33.1 Å². The number of piperidine rings is 1. The van der Waals surface area contributed by atoms with Crippen LogP contribution in [0.4, 0.5) is 11.4 Å². The van der Waals surface area contributed by atoms with E-state index in [2.05, 4.69) is 18.7 Å². The maximum Gasteiger partial charge on any atom is 0.0746 e. The fraction of sp³-hybridized carbons (Fsp3) is 0.571.